The number of aromatic nitrogens is 4. The number of amides is 2. The fourth-order valence-electron chi connectivity index (χ4n) is 2.97. The molecule has 0 aliphatic heterocycles. The number of nitro groups is 1. The summed E-state index contributed by atoms with van der Waals surface area (Å²) < 4.78 is 6.32. The summed E-state index contributed by atoms with van der Waals surface area (Å²) in [6.45, 7) is 5.40. The van der Waals surface area contributed by atoms with Crippen molar-refractivity contribution in [1.29, 1.82) is 0 Å². The van der Waals surface area contributed by atoms with Gasteiger partial charge in [-0.15, -0.1) is 0 Å². The van der Waals surface area contributed by atoms with Crippen LogP contribution in [0.2, 0.25) is 0 Å². The van der Waals surface area contributed by atoms with Crippen LogP contribution in [0.4, 0.5) is 5.69 Å². The Morgan fingerprint density at radius 2 is 1.87 bits per heavy atom. The first-order valence-electron chi connectivity index (χ1n) is 9.40. The van der Waals surface area contributed by atoms with Gasteiger partial charge in [0.2, 0.25) is 0 Å². The molecular formula is C19H21N7O5. The predicted octanol–water partition coefficient (Wildman–Crippen LogP) is 1.31. The third kappa shape index (κ3) is 5.10. The summed E-state index contributed by atoms with van der Waals surface area (Å²) in [6.07, 6.45) is 0. The molecule has 0 aliphatic carbocycles. The molecule has 2 aromatic heterocycles. The summed E-state index contributed by atoms with van der Waals surface area (Å²) in [5.41, 5.74) is 2.06. The predicted molar refractivity (Wildman–Crippen MR) is 108 cm³/mol. The SMILES string of the molecule is Cc1cccc(C(=O)NCCNC(=O)c2nc(Cn3nc(C)c([N+](=O)[O-])c3C)no2)c1. The lowest BCUT2D eigenvalue weighted by atomic mass is 10.1. The Hall–Kier alpha value is -4.09. The molecule has 12 heteroatoms. The lowest BCUT2D eigenvalue weighted by Gasteiger charge is -2.06. The van der Waals surface area contributed by atoms with E-state index in [4.69, 9.17) is 4.52 Å². The fourth-order valence-corrected chi connectivity index (χ4v) is 2.97. The van der Waals surface area contributed by atoms with E-state index in [1.807, 2.05) is 13.0 Å². The van der Waals surface area contributed by atoms with E-state index >= 15 is 0 Å². The maximum absolute atomic E-state index is 12.2. The number of carbonyl (C=O) groups excluding carboxylic acids is 2. The van der Waals surface area contributed by atoms with Crippen LogP contribution in [-0.2, 0) is 6.54 Å². The van der Waals surface area contributed by atoms with Gasteiger partial charge in [0.15, 0.2) is 5.82 Å². The molecule has 0 saturated carbocycles. The first-order valence-corrected chi connectivity index (χ1v) is 9.40. The molecular weight excluding hydrogens is 406 g/mol. The molecule has 3 aromatic rings. The first kappa shape index (κ1) is 21.6. The Morgan fingerprint density at radius 1 is 1.16 bits per heavy atom. The molecule has 0 unspecified atom stereocenters. The monoisotopic (exact) mass is 427 g/mol. The van der Waals surface area contributed by atoms with Crippen LogP contribution in [0, 0.1) is 30.9 Å². The molecule has 162 valence electrons. The number of hydrogen-bond acceptors (Lipinski definition) is 8. The largest absolute Gasteiger partial charge is 0.350 e. The molecule has 0 saturated heterocycles. The Balaban J connectivity index is 1.51. The van der Waals surface area contributed by atoms with Crippen molar-refractivity contribution in [2.45, 2.75) is 27.3 Å². The van der Waals surface area contributed by atoms with Crippen LogP contribution >= 0.6 is 0 Å². The van der Waals surface area contributed by atoms with Crippen LogP contribution in [0.3, 0.4) is 0 Å². The molecule has 3 rings (SSSR count). The van der Waals surface area contributed by atoms with Crippen molar-refractivity contribution in [2.75, 3.05) is 13.1 Å². The molecule has 12 nitrogen and oxygen atoms in total. The summed E-state index contributed by atoms with van der Waals surface area (Å²) in [5.74, 6) is -0.936. The van der Waals surface area contributed by atoms with Crippen molar-refractivity contribution in [3.63, 3.8) is 0 Å². The summed E-state index contributed by atoms with van der Waals surface area (Å²) in [6, 6.07) is 7.17. The van der Waals surface area contributed by atoms with Gasteiger partial charge in [0.1, 0.15) is 17.9 Å². The molecule has 2 heterocycles. The van der Waals surface area contributed by atoms with Crippen molar-refractivity contribution in [3.8, 4) is 0 Å². The number of rotatable bonds is 8. The zero-order chi connectivity index (χ0) is 22.5. The van der Waals surface area contributed by atoms with Gasteiger partial charge in [-0.1, -0.05) is 22.9 Å². The molecule has 31 heavy (non-hydrogen) atoms. The third-order valence-electron chi connectivity index (χ3n) is 4.46. The Kier molecular flexibility index (Phi) is 6.38. The highest BCUT2D eigenvalue weighted by atomic mass is 16.6. The van der Waals surface area contributed by atoms with E-state index in [0.717, 1.165) is 5.56 Å². The van der Waals surface area contributed by atoms with E-state index in [9.17, 15) is 19.7 Å². The number of carbonyl (C=O) groups is 2. The van der Waals surface area contributed by atoms with E-state index < -0.39 is 10.8 Å². The van der Waals surface area contributed by atoms with E-state index in [1.165, 1.54) is 11.6 Å². The maximum Gasteiger partial charge on any atom is 0.316 e. The van der Waals surface area contributed by atoms with Crippen LogP contribution in [0.5, 0.6) is 0 Å². The second-order valence-corrected chi connectivity index (χ2v) is 6.83. The molecule has 0 fully saturated rings. The maximum atomic E-state index is 12.2. The average molecular weight is 427 g/mol. The normalized spacial score (nSPS) is 10.7. The van der Waals surface area contributed by atoms with Crippen molar-refractivity contribution in [3.05, 3.63) is 68.6 Å². The topological polar surface area (TPSA) is 158 Å². The van der Waals surface area contributed by atoms with Gasteiger partial charge < -0.3 is 15.2 Å². The zero-order valence-corrected chi connectivity index (χ0v) is 17.2. The van der Waals surface area contributed by atoms with Gasteiger partial charge in [-0.05, 0) is 32.9 Å². The highest BCUT2D eigenvalue weighted by molar-refractivity contribution is 5.94. The van der Waals surface area contributed by atoms with Gasteiger partial charge in [0.25, 0.3) is 5.91 Å². The van der Waals surface area contributed by atoms with E-state index in [-0.39, 0.29) is 48.6 Å². The number of benzene rings is 1. The Bertz CT molecular complexity index is 1130. The second-order valence-electron chi connectivity index (χ2n) is 6.83. The number of nitrogens with zero attached hydrogens (tertiary/aromatic N) is 5. The molecule has 2 amide bonds. The third-order valence-corrected chi connectivity index (χ3v) is 4.46. The lowest BCUT2D eigenvalue weighted by Crippen LogP contribution is -2.34. The zero-order valence-electron chi connectivity index (χ0n) is 17.2. The van der Waals surface area contributed by atoms with Crippen molar-refractivity contribution in [2.24, 2.45) is 0 Å². The van der Waals surface area contributed by atoms with Crippen LogP contribution in [0.1, 0.15) is 43.8 Å². The van der Waals surface area contributed by atoms with Gasteiger partial charge in [-0.2, -0.15) is 10.1 Å². The Labute approximate surface area is 176 Å². The van der Waals surface area contributed by atoms with Crippen molar-refractivity contribution < 1.29 is 19.0 Å². The highest BCUT2D eigenvalue weighted by Gasteiger charge is 2.23. The molecule has 0 aliphatic rings. The van der Waals surface area contributed by atoms with Crippen LogP contribution in [-0.4, -0.2) is 49.7 Å². The average Bonchev–Trinajstić information content (AvgIpc) is 3.29. The minimum Gasteiger partial charge on any atom is -0.350 e. The summed E-state index contributed by atoms with van der Waals surface area (Å²) in [4.78, 5) is 38.8. The molecule has 0 bridgehead atoms. The fraction of sp³-hybridized carbons (Fsp3) is 0.316. The summed E-state index contributed by atoms with van der Waals surface area (Å²) in [7, 11) is 0. The second kappa shape index (κ2) is 9.15. The molecule has 1 aromatic carbocycles. The quantitative estimate of drug-likeness (QED) is 0.309. The van der Waals surface area contributed by atoms with Gasteiger partial charge in [0, 0.05) is 18.7 Å². The first-order chi connectivity index (χ1) is 14.8. The molecule has 0 atom stereocenters. The molecule has 0 spiro atoms. The van der Waals surface area contributed by atoms with Gasteiger partial charge >= 0.3 is 17.5 Å². The van der Waals surface area contributed by atoms with Crippen LogP contribution in [0.25, 0.3) is 0 Å². The van der Waals surface area contributed by atoms with E-state index in [2.05, 4.69) is 25.9 Å². The molecule has 2 N–H and O–H groups in total. The van der Waals surface area contributed by atoms with Crippen LogP contribution < -0.4 is 10.6 Å². The number of aryl methyl sites for hydroxylation is 2. The van der Waals surface area contributed by atoms with Crippen LogP contribution in [0.15, 0.2) is 28.8 Å². The molecule has 0 radical (unpaired) electrons. The highest BCUT2D eigenvalue weighted by Crippen LogP contribution is 2.22. The Morgan fingerprint density at radius 3 is 2.52 bits per heavy atom. The minimum atomic E-state index is -0.595. The minimum absolute atomic E-state index is 0.0177. The number of nitrogens with one attached hydrogen (secondary N) is 2. The van der Waals surface area contributed by atoms with Crippen molar-refractivity contribution in [1.82, 2.24) is 30.6 Å². The van der Waals surface area contributed by atoms with Gasteiger partial charge in [-0.25, -0.2) is 0 Å². The summed E-state index contributed by atoms with van der Waals surface area (Å²) >= 11 is 0. The standard InChI is InChI=1S/C19H21N7O5/c1-11-5-4-6-14(9-11)17(27)20-7-8-21-18(28)19-22-15(24-31-19)10-25-13(3)16(26(29)30)12(2)23-25/h4-6,9H,7-8,10H2,1-3H3,(H,20,27)(H,21,28). The van der Waals surface area contributed by atoms with Gasteiger partial charge in [-0.3, -0.25) is 24.4 Å². The lowest BCUT2D eigenvalue weighted by molar-refractivity contribution is -0.386. The number of hydrogen-bond donors (Lipinski definition) is 2. The van der Waals surface area contributed by atoms with E-state index in [1.54, 1.807) is 25.1 Å². The van der Waals surface area contributed by atoms with Gasteiger partial charge in [0.05, 0.1) is 4.92 Å². The smallest absolute Gasteiger partial charge is 0.316 e. The van der Waals surface area contributed by atoms with Crippen molar-refractivity contribution >= 4 is 17.5 Å². The van der Waals surface area contributed by atoms with E-state index in [0.29, 0.717) is 11.3 Å². The summed E-state index contributed by atoms with van der Waals surface area (Å²) in [5, 5.41) is 24.2.